The van der Waals surface area contributed by atoms with E-state index in [-0.39, 0.29) is 0 Å². The van der Waals surface area contributed by atoms with Crippen LogP contribution in [0.3, 0.4) is 0 Å². The fraction of sp³-hybridized carbons (Fsp3) is 0.158. The lowest BCUT2D eigenvalue weighted by atomic mass is 10.1. The molecule has 4 heteroatoms. The van der Waals surface area contributed by atoms with Gasteiger partial charge in [-0.05, 0) is 42.0 Å². The molecule has 0 aliphatic carbocycles. The fourth-order valence-corrected chi connectivity index (χ4v) is 2.54. The summed E-state index contributed by atoms with van der Waals surface area (Å²) in [5, 5.41) is 0.962. The Balaban J connectivity index is 2.15. The Morgan fingerprint density at radius 1 is 0.870 bits per heavy atom. The quantitative estimate of drug-likeness (QED) is 0.680. The van der Waals surface area contributed by atoms with E-state index < -0.39 is 0 Å². The van der Waals surface area contributed by atoms with Crippen LogP contribution in [0.5, 0.6) is 17.2 Å². The van der Waals surface area contributed by atoms with Crippen molar-refractivity contribution >= 4 is 17.0 Å². The minimum atomic E-state index is 0.657. The molecule has 23 heavy (non-hydrogen) atoms. The Labute approximate surface area is 134 Å². The predicted molar refractivity (Wildman–Crippen MR) is 91.4 cm³/mol. The summed E-state index contributed by atoms with van der Waals surface area (Å²) in [6.07, 6.45) is 1.78. The van der Waals surface area contributed by atoms with Gasteiger partial charge in [0.25, 0.3) is 0 Å². The molecule has 0 saturated heterocycles. The molecule has 0 saturated carbocycles. The first kappa shape index (κ1) is 15.0. The minimum Gasteiger partial charge on any atom is -0.493 e. The average Bonchev–Trinajstić information content (AvgIpc) is 3.04. The third-order valence-corrected chi connectivity index (χ3v) is 3.73. The van der Waals surface area contributed by atoms with Crippen molar-refractivity contribution in [3.8, 4) is 28.6 Å². The van der Waals surface area contributed by atoms with Gasteiger partial charge in [-0.2, -0.15) is 0 Å². The fourth-order valence-electron chi connectivity index (χ4n) is 2.54. The second-order valence-corrected chi connectivity index (χ2v) is 5.03. The number of hydrogen-bond donors (Lipinski definition) is 0. The van der Waals surface area contributed by atoms with E-state index in [1.165, 1.54) is 0 Å². The zero-order chi connectivity index (χ0) is 16.4. The number of rotatable bonds is 5. The number of ether oxygens (including phenoxy) is 3. The molecular formula is C19H18O4. The van der Waals surface area contributed by atoms with Crippen LogP contribution >= 0.6 is 0 Å². The lowest BCUT2D eigenvalue weighted by molar-refractivity contribution is 0.355. The second kappa shape index (κ2) is 6.08. The summed E-state index contributed by atoms with van der Waals surface area (Å²) in [4.78, 5) is 0. The van der Waals surface area contributed by atoms with Crippen LogP contribution in [-0.4, -0.2) is 21.3 Å². The summed E-state index contributed by atoms with van der Waals surface area (Å²) in [6, 6.07) is 11.6. The van der Waals surface area contributed by atoms with Crippen LogP contribution in [0.15, 0.2) is 47.4 Å². The van der Waals surface area contributed by atoms with Crippen LogP contribution in [-0.2, 0) is 0 Å². The van der Waals surface area contributed by atoms with Crippen LogP contribution in [0, 0.1) is 0 Å². The molecule has 0 amide bonds. The highest BCUT2D eigenvalue weighted by molar-refractivity contribution is 5.89. The molecule has 0 bridgehead atoms. The molecule has 0 N–H and O–H groups in total. The first-order valence-electron chi connectivity index (χ1n) is 7.16. The van der Waals surface area contributed by atoms with E-state index in [1.807, 2.05) is 36.4 Å². The van der Waals surface area contributed by atoms with Gasteiger partial charge in [0, 0.05) is 10.9 Å². The van der Waals surface area contributed by atoms with Crippen molar-refractivity contribution < 1.29 is 18.6 Å². The Kier molecular flexibility index (Phi) is 3.98. The highest BCUT2D eigenvalue weighted by Gasteiger charge is 2.13. The van der Waals surface area contributed by atoms with E-state index in [1.54, 1.807) is 27.4 Å². The van der Waals surface area contributed by atoms with Gasteiger partial charge < -0.3 is 18.6 Å². The zero-order valence-corrected chi connectivity index (χ0v) is 13.4. The Bertz CT molecular complexity index is 861. The van der Waals surface area contributed by atoms with Gasteiger partial charge >= 0.3 is 0 Å². The van der Waals surface area contributed by atoms with Gasteiger partial charge in [-0.15, -0.1) is 0 Å². The number of fused-ring (bicyclic) bond motifs is 1. The van der Waals surface area contributed by atoms with Gasteiger partial charge in [0.05, 0.1) is 21.3 Å². The number of benzene rings is 2. The molecule has 4 nitrogen and oxygen atoms in total. The summed E-state index contributed by atoms with van der Waals surface area (Å²) in [5.41, 5.74) is 2.60. The molecule has 0 spiro atoms. The van der Waals surface area contributed by atoms with Crippen molar-refractivity contribution in [2.24, 2.45) is 0 Å². The minimum absolute atomic E-state index is 0.657. The highest BCUT2D eigenvalue weighted by atomic mass is 16.5. The Morgan fingerprint density at radius 3 is 2.26 bits per heavy atom. The SMILES string of the molecule is C=Cc1cc(OC)c2oc(-c3ccc(OC)c(OC)c3)cc2c1. The smallest absolute Gasteiger partial charge is 0.176 e. The average molecular weight is 310 g/mol. The predicted octanol–water partition coefficient (Wildman–Crippen LogP) is 4.77. The third-order valence-electron chi connectivity index (χ3n) is 3.73. The summed E-state index contributed by atoms with van der Waals surface area (Å²) in [7, 11) is 4.85. The van der Waals surface area contributed by atoms with Crippen LogP contribution in [0.1, 0.15) is 5.56 Å². The Morgan fingerprint density at radius 2 is 1.61 bits per heavy atom. The van der Waals surface area contributed by atoms with Crippen molar-refractivity contribution in [3.63, 3.8) is 0 Å². The van der Waals surface area contributed by atoms with Crippen LogP contribution in [0.4, 0.5) is 0 Å². The molecule has 0 fully saturated rings. The van der Waals surface area contributed by atoms with Crippen LogP contribution < -0.4 is 14.2 Å². The normalized spacial score (nSPS) is 10.6. The molecule has 1 aromatic heterocycles. The van der Waals surface area contributed by atoms with Crippen molar-refractivity contribution in [1.29, 1.82) is 0 Å². The highest BCUT2D eigenvalue weighted by Crippen LogP contribution is 2.37. The first-order chi connectivity index (χ1) is 11.2. The topological polar surface area (TPSA) is 40.8 Å². The van der Waals surface area contributed by atoms with Crippen molar-refractivity contribution in [2.45, 2.75) is 0 Å². The number of furan rings is 1. The van der Waals surface area contributed by atoms with E-state index in [0.717, 1.165) is 22.3 Å². The maximum atomic E-state index is 5.99. The summed E-state index contributed by atoms with van der Waals surface area (Å²) < 4.78 is 22.0. The molecular weight excluding hydrogens is 292 g/mol. The van der Waals surface area contributed by atoms with E-state index >= 15 is 0 Å². The largest absolute Gasteiger partial charge is 0.493 e. The molecule has 3 rings (SSSR count). The van der Waals surface area contributed by atoms with Gasteiger partial charge in [0.15, 0.2) is 22.8 Å². The lowest BCUT2D eigenvalue weighted by Gasteiger charge is -2.08. The van der Waals surface area contributed by atoms with Gasteiger partial charge in [0.2, 0.25) is 0 Å². The number of hydrogen-bond acceptors (Lipinski definition) is 4. The van der Waals surface area contributed by atoms with Crippen molar-refractivity contribution in [2.75, 3.05) is 21.3 Å². The van der Waals surface area contributed by atoms with Crippen molar-refractivity contribution in [3.05, 3.63) is 48.5 Å². The summed E-state index contributed by atoms with van der Waals surface area (Å²) in [5.74, 6) is 2.76. The van der Waals surface area contributed by atoms with Gasteiger partial charge in [-0.25, -0.2) is 0 Å². The summed E-state index contributed by atoms with van der Waals surface area (Å²) >= 11 is 0. The second-order valence-electron chi connectivity index (χ2n) is 5.03. The van der Waals surface area contributed by atoms with Crippen LogP contribution in [0.2, 0.25) is 0 Å². The van der Waals surface area contributed by atoms with Gasteiger partial charge in [-0.3, -0.25) is 0 Å². The van der Waals surface area contributed by atoms with E-state index in [2.05, 4.69) is 6.58 Å². The standard InChI is InChI=1S/C19H18O4/c1-5-12-8-14-11-16(23-19(14)18(9-12)22-4)13-6-7-15(20-2)17(10-13)21-3/h5-11H,1H2,2-4H3. The maximum Gasteiger partial charge on any atom is 0.176 e. The van der Waals surface area contributed by atoms with Gasteiger partial charge in [0.1, 0.15) is 5.76 Å². The van der Waals surface area contributed by atoms with E-state index in [4.69, 9.17) is 18.6 Å². The van der Waals surface area contributed by atoms with Crippen molar-refractivity contribution in [1.82, 2.24) is 0 Å². The third kappa shape index (κ3) is 2.63. The molecule has 0 aliphatic heterocycles. The molecule has 118 valence electrons. The molecule has 0 radical (unpaired) electrons. The van der Waals surface area contributed by atoms with E-state index in [9.17, 15) is 0 Å². The molecule has 3 aromatic rings. The molecule has 0 unspecified atom stereocenters. The monoisotopic (exact) mass is 310 g/mol. The maximum absolute atomic E-state index is 5.99. The molecule has 0 atom stereocenters. The van der Waals surface area contributed by atoms with Crippen LogP contribution in [0.25, 0.3) is 28.4 Å². The summed E-state index contributed by atoms with van der Waals surface area (Å²) in [6.45, 7) is 3.80. The molecule has 2 aromatic carbocycles. The molecule has 1 heterocycles. The van der Waals surface area contributed by atoms with E-state index in [0.29, 0.717) is 22.8 Å². The Hall–Kier alpha value is -2.88. The first-order valence-corrected chi connectivity index (χ1v) is 7.16. The zero-order valence-electron chi connectivity index (χ0n) is 13.4. The molecule has 0 aliphatic rings. The van der Waals surface area contributed by atoms with Gasteiger partial charge in [-0.1, -0.05) is 12.7 Å². The number of methoxy groups -OCH3 is 3. The lowest BCUT2D eigenvalue weighted by Crippen LogP contribution is -1.90.